The number of aliphatic imine (C=N–C) groups is 1. The molecule has 0 amide bonds. The highest BCUT2D eigenvalue weighted by atomic mass is 127. The van der Waals surface area contributed by atoms with Gasteiger partial charge in [0.15, 0.2) is 12.6 Å². The first-order valence-corrected chi connectivity index (χ1v) is 10.4. The second kappa shape index (κ2) is 13.1. The Labute approximate surface area is 187 Å². The lowest BCUT2D eigenvalue weighted by Crippen LogP contribution is -2.38. The van der Waals surface area contributed by atoms with Gasteiger partial charge in [0, 0.05) is 33.7 Å². The van der Waals surface area contributed by atoms with Crippen LogP contribution in [0.2, 0.25) is 0 Å². The molecule has 0 spiro atoms. The van der Waals surface area contributed by atoms with Crippen LogP contribution in [-0.2, 0) is 16.6 Å². The molecule has 0 atom stereocenters. The predicted octanol–water partition coefficient (Wildman–Crippen LogP) is 2.58. The summed E-state index contributed by atoms with van der Waals surface area (Å²) in [6.07, 6.45) is -3.75. The Balaban J connectivity index is 0.00000784. The molecule has 0 aliphatic rings. The number of alkyl halides is 3. The van der Waals surface area contributed by atoms with E-state index in [1.165, 1.54) is 16.4 Å². The molecule has 0 fully saturated rings. The number of benzene rings is 1. The smallest absolute Gasteiger partial charge is 0.422 e. The zero-order valence-corrected chi connectivity index (χ0v) is 19.8. The summed E-state index contributed by atoms with van der Waals surface area (Å²) in [6, 6.07) is 6.28. The molecule has 1 aromatic rings. The molecule has 0 aliphatic heterocycles. The van der Waals surface area contributed by atoms with E-state index in [-0.39, 0.29) is 35.5 Å². The first-order valence-electron chi connectivity index (χ1n) is 8.74. The number of nitrogens with zero attached hydrogens (tertiary/aromatic N) is 2. The van der Waals surface area contributed by atoms with Gasteiger partial charge in [-0.15, -0.1) is 24.0 Å². The van der Waals surface area contributed by atoms with Crippen LogP contribution in [-0.4, -0.2) is 64.4 Å². The Hall–Kier alpha value is -1.28. The second-order valence-electron chi connectivity index (χ2n) is 5.98. The van der Waals surface area contributed by atoms with Gasteiger partial charge in [-0.1, -0.05) is 12.1 Å². The third kappa shape index (κ3) is 11.5. The lowest BCUT2D eigenvalue weighted by atomic mass is 10.2. The minimum Gasteiger partial charge on any atom is -0.484 e. The topological polar surface area (TPSA) is 83.0 Å². The van der Waals surface area contributed by atoms with E-state index >= 15 is 0 Å². The summed E-state index contributed by atoms with van der Waals surface area (Å²) in [6.45, 7) is 1.64. The van der Waals surface area contributed by atoms with Crippen LogP contribution < -0.4 is 15.4 Å². The number of nitrogens with one attached hydrogen (secondary N) is 2. The maximum absolute atomic E-state index is 12.1. The molecule has 0 aromatic heterocycles. The second-order valence-corrected chi connectivity index (χ2v) is 8.34. The highest BCUT2D eigenvalue weighted by molar-refractivity contribution is 14.0. The maximum Gasteiger partial charge on any atom is 0.422 e. The highest BCUT2D eigenvalue weighted by Crippen LogP contribution is 2.18. The lowest BCUT2D eigenvalue weighted by molar-refractivity contribution is -0.153. The van der Waals surface area contributed by atoms with Crippen molar-refractivity contribution in [1.29, 1.82) is 0 Å². The summed E-state index contributed by atoms with van der Waals surface area (Å²) in [4.78, 5) is 4.07. The van der Waals surface area contributed by atoms with Crippen molar-refractivity contribution >= 4 is 40.0 Å². The number of rotatable bonds is 10. The predicted molar refractivity (Wildman–Crippen MR) is 118 cm³/mol. The summed E-state index contributed by atoms with van der Waals surface area (Å²) in [7, 11) is -0.0219. The Bertz CT molecular complexity index is 728. The molecule has 2 N–H and O–H groups in total. The number of hydrogen-bond donors (Lipinski definition) is 2. The molecule has 0 radical (unpaired) electrons. The van der Waals surface area contributed by atoms with Gasteiger partial charge in [0.1, 0.15) is 5.75 Å². The monoisotopic (exact) mass is 552 g/mol. The van der Waals surface area contributed by atoms with E-state index in [1.807, 2.05) is 0 Å². The number of halogens is 4. The molecule has 0 heterocycles. The third-order valence-corrected chi connectivity index (χ3v) is 5.65. The molecule has 0 unspecified atom stereocenters. The summed E-state index contributed by atoms with van der Waals surface area (Å²) < 4.78 is 65.7. The summed E-state index contributed by atoms with van der Waals surface area (Å²) >= 11 is 0. The molecule has 12 heteroatoms. The Morgan fingerprint density at radius 1 is 1.21 bits per heavy atom. The molecule has 0 aliphatic carbocycles. The first kappa shape index (κ1) is 27.7. The van der Waals surface area contributed by atoms with Crippen LogP contribution in [0.15, 0.2) is 29.3 Å². The fourth-order valence-corrected chi connectivity index (χ4v) is 2.99. The van der Waals surface area contributed by atoms with Gasteiger partial charge in [-0.3, -0.25) is 4.99 Å². The molecule has 7 nitrogen and oxygen atoms in total. The maximum atomic E-state index is 12.1. The molecule has 1 rings (SSSR count). The number of ether oxygens (including phenoxy) is 1. The van der Waals surface area contributed by atoms with E-state index in [9.17, 15) is 21.6 Å². The summed E-state index contributed by atoms with van der Waals surface area (Å²) in [5, 5.41) is 6.16. The van der Waals surface area contributed by atoms with Gasteiger partial charge < -0.3 is 15.4 Å². The SMILES string of the molecule is CCS(=O)(=O)N(C)CCCNC(=NC)NCc1ccc(OCC(F)(F)F)cc1.I. The number of hydrogen-bond acceptors (Lipinski definition) is 4. The van der Waals surface area contributed by atoms with Crippen molar-refractivity contribution < 1.29 is 26.3 Å². The van der Waals surface area contributed by atoms with Crippen LogP contribution >= 0.6 is 24.0 Å². The van der Waals surface area contributed by atoms with E-state index < -0.39 is 22.8 Å². The van der Waals surface area contributed by atoms with E-state index in [2.05, 4.69) is 20.4 Å². The standard InChI is InChI=1S/C17H27F3N4O3S.HI/c1-4-28(25,26)24(3)11-5-10-22-16(21-2)23-12-14-6-8-15(9-7-14)27-13-17(18,19)20;/h6-9H,4-5,10-13H2,1-3H3,(H2,21,22,23);1H. The molecular formula is C17H28F3IN4O3S. The van der Waals surface area contributed by atoms with Gasteiger partial charge in [0.2, 0.25) is 10.0 Å². The minimum atomic E-state index is -4.37. The molecule has 0 saturated heterocycles. The molecule has 29 heavy (non-hydrogen) atoms. The summed E-state index contributed by atoms with van der Waals surface area (Å²) in [5.41, 5.74) is 0.844. The fraction of sp³-hybridized carbons (Fsp3) is 0.588. The number of guanidine groups is 1. The van der Waals surface area contributed by atoms with E-state index in [0.717, 1.165) is 5.56 Å². The van der Waals surface area contributed by atoms with Crippen molar-refractivity contribution in [3.05, 3.63) is 29.8 Å². The normalized spacial score (nSPS) is 12.4. The van der Waals surface area contributed by atoms with Crippen LogP contribution in [0.1, 0.15) is 18.9 Å². The first-order chi connectivity index (χ1) is 13.1. The molecule has 168 valence electrons. The Kier molecular flexibility index (Phi) is 12.5. The van der Waals surface area contributed by atoms with Crippen LogP contribution in [0.5, 0.6) is 5.75 Å². The molecule has 0 bridgehead atoms. The molecule has 1 aromatic carbocycles. The van der Waals surface area contributed by atoms with Crippen molar-refractivity contribution in [2.45, 2.75) is 26.1 Å². The zero-order chi connectivity index (χ0) is 21.2. The van der Waals surface area contributed by atoms with Gasteiger partial charge in [0.05, 0.1) is 5.75 Å². The molecule has 0 saturated carbocycles. The largest absolute Gasteiger partial charge is 0.484 e. The van der Waals surface area contributed by atoms with Crippen LogP contribution in [0, 0.1) is 0 Å². The van der Waals surface area contributed by atoms with E-state index in [0.29, 0.717) is 32.0 Å². The van der Waals surface area contributed by atoms with Gasteiger partial charge >= 0.3 is 6.18 Å². The van der Waals surface area contributed by atoms with Crippen LogP contribution in [0.25, 0.3) is 0 Å². The highest BCUT2D eigenvalue weighted by Gasteiger charge is 2.28. The molecular weight excluding hydrogens is 524 g/mol. The Morgan fingerprint density at radius 2 is 1.83 bits per heavy atom. The van der Waals surface area contributed by atoms with Gasteiger partial charge in [-0.2, -0.15) is 13.2 Å². The van der Waals surface area contributed by atoms with E-state index in [4.69, 9.17) is 0 Å². The van der Waals surface area contributed by atoms with Crippen LogP contribution in [0.4, 0.5) is 13.2 Å². The van der Waals surface area contributed by atoms with Gasteiger partial charge in [-0.05, 0) is 31.0 Å². The van der Waals surface area contributed by atoms with Crippen molar-refractivity contribution in [2.75, 3.05) is 39.5 Å². The van der Waals surface area contributed by atoms with Gasteiger partial charge in [-0.25, -0.2) is 12.7 Å². The third-order valence-electron chi connectivity index (χ3n) is 3.79. The van der Waals surface area contributed by atoms with E-state index in [1.54, 1.807) is 33.2 Å². The minimum absolute atomic E-state index is 0. The lowest BCUT2D eigenvalue weighted by Gasteiger charge is -2.17. The fourth-order valence-electron chi connectivity index (χ4n) is 2.14. The van der Waals surface area contributed by atoms with Crippen molar-refractivity contribution in [1.82, 2.24) is 14.9 Å². The van der Waals surface area contributed by atoms with Crippen LogP contribution in [0.3, 0.4) is 0 Å². The van der Waals surface area contributed by atoms with Gasteiger partial charge in [0.25, 0.3) is 0 Å². The number of sulfonamides is 1. The van der Waals surface area contributed by atoms with Crippen molar-refractivity contribution in [3.8, 4) is 5.75 Å². The average molecular weight is 552 g/mol. The summed E-state index contributed by atoms with van der Waals surface area (Å²) in [5.74, 6) is 0.758. The zero-order valence-electron chi connectivity index (χ0n) is 16.6. The Morgan fingerprint density at radius 3 is 2.34 bits per heavy atom. The average Bonchev–Trinajstić information content (AvgIpc) is 2.65. The van der Waals surface area contributed by atoms with Crippen molar-refractivity contribution in [2.24, 2.45) is 4.99 Å². The quantitative estimate of drug-likeness (QED) is 0.202. The van der Waals surface area contributed by atoms with Crippen molar-refractivity contribution in [3.63, 3.8) is 0 Å².